The van der Waals surface area contributed by atoms with E-state index in [0.29, 0.717) is 0 Å². The first-order valence-corrected chi connectivity index (χ1v) is 12.1. The SMILES string of the molecule is O=C(Nc1cccc(C(=O)Nc2c(I)cc(C(F)(C(F)(F)F)C(F)(F)F)cc2C(F)(F)F)c1F)c1ccc(F)cc1Cl. The molecule has 3 rings (SSSR count). The zero-order valence-electron chi connectivity index (χ0n) is 19.7. The van der Waals surface area contributed by atoms with Crippen molar-refractivity contribution in [3.8, 4) is 0 Å². The van der Waals surface area contributed by atoms with Crippen LogP contribution in [0.15, 0.2) is 48.5 Å². The molecule has 0 spiro atoms. The summed E-state index contributed by atoms with van der Waals surface area (Å²) in [6, 6.07) is 4.18. The molecular formula is C24H10ClF12IN2O2. The predicted molar refractivity (Wildman–Crippen MR) is 133 cm³/mol. The normalized spacial score (nSPS) is 12.7. The highest BCUT2D eigenvalue weighted by molar-refractivity contribution is 14.1. The summed E-state index contributed by atoms with van der Waals surface area (Å²) in [4.78, 5) is 25.2. The largest absolute Gasteiger partial charge is 0.435 e. The molecule has 3 aromatic carbocycles. The van der Waals surface area contributed by atoms with E-state index in [2.05, 4.69) is 0 Å². The summed E-state index contributed by atoms with van der Waals surface area (Å²) in [6.45, 7) is 0. The van der Waals surface area contributed by atoms with Gasteiger partial charge < -0.3 is 10.6 Å². The smallest absolute Gasteiger partial charge is 0.320 e. The number of hydrogen-bond donors (Lipinski definition) is 2. The predicted octanol–water partition coefficient (Wildman–Crippen LogP) is 9.04. The van der Waals surface area contributed by atoms with Gasteiger partial charge in [0.1, 0.15) is 5.82 Å². The maximum Gasteiger partial charge on any atom is 0.435 e. The Morgan fingerprint density at radius 1 is 0.738 bits per heavy atom. The van der Waals surface area contributed by atoms with Gasteiger partial charge in [0, 0.05) is 9.13 Å². The quantitative estimate of drug-likeness (QED) is 0.202. The van der Waals surface area contributed by atoms with Crippen LogP contribution in [0, 0.1) is 15.2 Å². The van der Waals surface area contributed by atoms with E-state index < -0.39 is 85.3 Å². The molecule has 0 fully saturated rings. The molecule has 0 aromatic heterocycles. The molecular weight excluding hydrogens is 739 g/mol. The molecule has 2 N–H and O–H groups in total. The molecule has 18 heteroatoms. The Morgan fingerprint density at radius 3 is 1.83 bits per heavy atom. The minimum absolute atomic E-state index is 0.203. The number of rotatable bonds is 5. The number of carbonyl (C=O) groups excluding carboxylic acids is 2. The van der Waals surface area contributed by atoms with Crippen molar-refractivity contribution in [2.24, 2.45) is 0 Å². The first-order chi connectivity index (χ1) is 19.1. The van der Waals surface area contributed by atoms with Gasteiger partial charge >= 0.3 is 24.2 Å². The summed E-state index contributed by atoms with van der Waals surface area (Å²) in [6.07, 6.45) is -19.2. The fourth-order valence-corrected chi connectivity index (χ4v) is 4.51. The van der Waals surface area contributed by atoms with Gasteiger partial charge in [-0.25, -0.2) is 13.2 Å². The molecule has 0 heterocycles. The van der Waals surface area contributed by atoms with Gasteiger partial charge in [0.05, 0.1) is 33.1 Å². The Kier molecular flexibility index (Phi) is 9.08. The monoisotopic (exact) mass is 748 g/mol. The molecule has 42 heavy (non-hydrogen) atoms. The molecule has 0 saturated carbocycles. The minimum atomic E-state index is -6.73. The van der Waals surface area contributed by atoms with Crippen LogP contribution in [0.1, 0.15) is 31.8 Å². The van der Waals surface area contributed by atoms with Gasteiger partial charge in [-0.3, -0.25) is 9.59 Å². The summed E-state index contributed by atoms with van der Waals surface area (Å²) < 4.78 is 162. The van der Waals surface area contributed by atoms with Crippen molar-refractivity contribution in [2.75, 3.05) is 10.6 Å². The van der Waals surface area contributed by atoms with E-state index in [1.165, 1.54) is 0 Å². The zero-order valence-corrected chi connectivity index (χ0v) is 22.6. The van der Waals surface area contributed by atoms with E-state index in [1.54, 1.807) is 5.32 Å². The second kappa shape index (κ2) is 11.5. The van der Waals surface area contributed by atoms with Crippen molar-refractivity contribution in [2.45, 2.75) is 24.2 Å². The number of anilines is 2. The highest BCUT2D eigenvalue weighted by atomic mass is 127. The molecule has 0 unspecified atom stereocenters. The summed E-state index contributed by atoms with van der Waals surface area (Å²) in [5, 5.41) is 3.19. The molecule has 0 aliphatic heterocycles. The van der Waals surface area contributed by atoms with Gasteiger partial charge in [-0.05, 0) is 65.1 Å². The number of alkyl halides is 10. The van der Waals surface area contributed by atoms with Crippen molar-refractivity contribution < 1.29 is 62.3 Å². The fourth-order valence-electron chi connectivity index (χ4n) is 3.49. The lowest BCUT2D eigenvalue weighted by Crippen LogP contribution is -2.50. The van der Waals surface area contributed by atoms with E-state index in [9.17, 15) is 57.9 Å². The standard InChI is InChI=1S/C24H10ClF12IN2O2/c25-14-8-10(26)4-5-11(14)19(41)39-16-3-1-2-12(17(16)27)20(42)40-18-13(22(29,30)31)6-9(7-15(18)38)21(28,23(32,33)34)24(35,36)37/h1-8H,(H,39,41)(H,40,42). The first kappa shape index (κ1) is 33.3. The number of benzene rings is 3. The van der Waals surface area contributed by atoms with Crippen LogP contribution in [0.3, 0.4) is 0 Å². The van der Waals surface area contributed by atoms with Crippen LogP contribution < -0.4 is 10.6 Å². The fraction of sp³-hybridized carbons (Fsp3) is 0.167. The van der Waals surface area contributed by atoms with Gasteiger partial charge in [0.25, 0.3) is 11.8 Å². The lowest BCUT2D eigenvalue weighted by Gasteiger charge is -2.31. The Balaban J connectivity index is 2.04. The average molecular weight is 749 g/mol. The molecule has 0 aliphatic rings. The van der Waals surface area contributed by atoms with Crippen LogP contribution in [0.5, 0.6) is 0 Å². The lowest BCUT2D eigenvalue weighted by atomic mass is 9.92. The first-order valence-electron chi connectivity index (χ1n) is 10.7. The van der Waals surface area contributed by atoms with E-state index in [1.807, 2.05) is 5.32 Å². The number of halogens is 14. The van der Waals surface area contributed by atoms with Crippen LogP contribution in [0.25, 0.3) is 0 Å². The van der Waals surface area contributed by atoms with Gasteiger partial charge in [0.2, 0.25) is 0 Å². The van der Waals surface area contributed by atoms with Gasteiger partial charge in [-0.15, -0.1) is 0 Å². The molecule has 226 valence electrons. The third kappa shape index (κ3) is 6.40. The molecule has 0 radical (unpaired) electrons. The zero-order chi connectivity index (χ0) is 32.0. The number of carbonyl (C=O) groups is 2. The summed E-state index contributed by atoms with van der Waals surface area (Å²) in [5.74, 6) is -5.11. The minimum Gasteiger partial charge on any atom is -0.320 e. The van der Waals surface area contributed by atoms with Crippen molar-refractivity contribution in [3.63, 3.8) is 0 Å². The molecule has 3 aromatic rings. The van der Waals surface area contributed by atoms with Crippen molar-refractivity contribution >= 4 is 57.4 Å². The van der Waals surface area contributed by atoms with Crippen LogP contribution in [-0.2, 0) is 11.8 Å². The van der Waals surface area contributed by atoms with Crippen LogP contribution in [0.2, 0.25) is 5.02 Å². The third-order valence-corrected chi connectivity index (χ3v) is 6.64. The number of hydrogen-bond acceptors (Lipinski definition) is 2. The Bertz CT molecular complexity index is 1540. The molecule has 2 amide bonds. The Morgan fingerprint density at radius 2 is 1.31 bits per heavy atom. The lowest BCUT2D eigenvalue weighted by molar-refractivity contribution is -0.348. The van der Waals surface area contributed by atoms with Gasteiger partial charge in [0.15, 0.2) is 5.82 Å². The summed E-state index contributed by atoms with van der Waals surface area (Å²) >= 11 is 6.60. The topological polar surface area (TPSA) is 58.2 Å². The van der Waals surface area contributed by atoms with Crippen LogP contribution >= 0.6 is 34.2 Å². The highest BCUT2D eigenvalue weighted by Crippen LogP contribution is 2.54. The second-order valence-electron chi connectivity index (χ2n) is 8.23. The van der Waals surface area contributed by atoms with Gasteiger partial charge in [-0.1, -0.05) is 17.7 Å². The maximum absolute atomic E-state index is 15.1. The summed E-state index contributed by atoms with van der Waals surface area (Å²) in [7, 11) is 0. The molecule has 0 aliphatic carbocycles. The Hall–Kier alpha value is -3.22. The van der Waals surface area contributed by atoms with E-state index in [4.69, 9.17) is 11.6 Å². The molecule has 0 atom stereocenters. The second-order valence-corrected chi connectivity index (χ2v) is 9.80. The Labute approximate surface area is 245 Å². The maximum atomic E-state index is 15.1. The van der Waals surface area contributed by atoms with Crippen LogP contribution in [0.4, 0.5) is 64.1 Å². The van der Waals surface area contributed by atoms with E-state index in [0.717, 1.165) is 59.0 Å². The molecule has 4 nitrogen and oxygen atoms in total. The third-order valence-electron chi connectivity index (χ3n) is 5.48. The van der Waals surface area contributed by atoms with Crippen LogP contribution in [-0.4, -0.2) is 24.2 Å². The molecule has 0 bridgehead atoms. The summed E-state index contributed by atoms with van der Waals surface area (Å²) in [5.41, 5.74) is -14.5. The van der Waals surface area contributed by atoms with Crippen molar-refractivity contribution in [1.29, 1.82) is 0 Å². The van der Waals surface area contributed by atoms with E-state index >= 15 is 4.39 Å². The van der Waals surface area contributed by atoms with E-state index in [-0.39, 0.29) is 16.7 Å². The molecule has 0 saturated heterocycles. The number of amides is 2. The average Bonchev–Trinajstić information content (AvgIpc) is 2.83. The van der Waals surface area contributed by atoms with Crippen molar-refractivity contribution in [3.05, 3.63) is 91.0 Å². The van der Waals surface area contributed by atoms with Crippen molar-refractivity contribution in [1.82, 2.24) is 0 Å². The van der Waals surface area contributed by atoms with Gasteiger partial charge in [-0.2, -0.15) is 39.5 Å². The number of nitrogens with one attached hydrogen (secondary N) is 2. The highest BCUT2D eigenvalue weighted by Gasteiger charge is 2.73.